The zero-order chi connectivity index (χ0) is 16.2. The van der Waals surface area contributed by atoms with Gasteiger partial charge in [0.1, 0.15) is 5.82 Å². The van der Waals surface area contributed by atoms with E-state index in [0.29, 0.717) is 6.04 Å². The van der Waals surface area contributed by atoms with E-state index in [-0.39, 0.29) is 0 Å². The molecule has 4 heteroatoms. The summed E-state index contributed by atoms with van der Waals surface area (Å²) in [5, 5.41) is 0. The fraction of sp³-hybridized carbons (Fsp3) is 0.263. The van der Waals surface area contributed by atoms with Gasteiger partial charge in [-0.1, -0.05) is 24.3 Å². The van der Waals surface area contributed by atoms with E-state index in [4.69, 9.17) is 0 Å². The van der Waals surface area contributed by atoms with Crippen molar-refractivity contribution in [2.45, 2.75) is 19.5 Å². The molecule has 118 valence electrons. The van der Waals surface area contributed by atoms with E-state index >= 15 is 0 Å². The van der Waals surface area contributed by atoms with E-state index in [1.54, 1.807) is 6.20 Å². The highest BCUT2D eigenvalue weighted by atomic mass is 15.1. The van der Waals surface area contributed by atoms with Gasteiger partial charge in [0.15, 0.2) is 0 Å². The minimum atomic E-state index is 0.372. The molecule has 4 nitrogen and oxygen atoms in total. The van der Waals surface area contributed by atoms with Crippen LogP contribution >= 0.6 is 0 Å². The molecule has 0 spiro atoms. The summed E-state index contributed by atoms with van der Waals surface area (Å²) >= 11 is 0. The SMILES string of the molecule is CC(c1cccc(-c2nccn2Cc2cccnc2)c1)N(C)C. The van der Waals surface area contributed by atoms with Gasteiger partial charge in [0.25, 0.3) is 0 Å². The lowest BCUT2D eigenvalue weighted by atomic mass is 10.0. The van der Waals surface area contributed by atoms with Gasteiger partial charge in [-0.15, -0.1) is 0 Å². The van der Waals surface area contributed by atoms with Crippen molar-refractivity contribution in [1.82, 2.24) is 19.4 Å². The Labute approximate surface area is 137 Å². The molecule has 23 heavy (non-hydrogen) atoms. The van der Waals surface area contributed by atoms with Gasteiger partial charge in [-0.25, -0.2) is 4.98 Å². The van der Waals surface area contributed by atoms with Crippen LogP contribution in [0.1, 0.15) is 24.1 Å². The molecule has 3 rings (SSSR count). The highest BCUT2D eigenvalue weighted by Crippen LogP contribution is 2.24. The number of hydrogen-bond donors (Lipinski definition) is 0. The fourth-order valence-corrected chi connectivity index (χ4v) is 2.62. The molecule has 0 saturated heterocycles. The molecule has 3 aromatic rings. The minimum Gasteiger partial charge on any atom is -0.327 e. The van der Waals surface area contributed by atoms with E-state index in [9.17, 15) is 0 Å². The molecule has 0 aliphatic heterocycles. The largest absolute Gasteiger partial charge is 0.327 e. The summed E-state index contributed by atoms with van der Waals surface area (Å²) in [6.45, 7) is 2.98. The van der Waals surface area contributed by atoms with Gasteiger partial charge < -0.3 is 9.47 Å². The smallest absolute Gasteiger partial charge is 0.140 e. The van der Waals surface area contributed by atoms with Gasteiger partial charge in [-0.05, 0) is 44.3 Å². The van der Waals surface area contributed by atoms with Crippen LogP contribution in [-0.2, 0) is 6.54 Å². The third-order valence-electron chi connectivity index (χ3n) is 4.19. The summed E-state index contributed by atoms with van der Waals surface area (Å²) in [7, 11) is 4.20. The Morgan fingerprint density at radius 3 is 2.74 bits per heavy atom. The Balaban J connectivity index is 1.91. The molecule has 2 heterocycles. The van der Waals surface area contributed by atoms with Gasteiger partial charge in [0.05, 0.1) is 6.54 Å². The second-order valence-corrected chi connectivity index (χ2v) is 6.01. The van der Waals surface area contributed by atoms with Crippen LogP contribution < -0.4 is 0 Å². The molecule has 0 aliphatic rings. The van der Waals surface area contributed by atoms with Gasteiger partial charge >= 0.3 is 0 Å². The first-order valence-electron chi connectivity index (χ1n) is 7.82. The summed E-state index contributed by atoms with van der Waals surface area (Å²) in [4.78, 5) is 11.0. The molecule has 0 saturated carbocycles. The molecule has 1 aromatic carbocycles. The number of nitrogens with zero attached hydrogens (tertiary/aromatic N) is 4. The number of pyridine rings is 1. The zero-order valence-corrected chi connectivity index (χ0v) is 13.8. The van der Waals surface area contributed by atoms with Crippen molar-refractivity contribution in [3.05, 3.63) is 72.3 Å². The molecule has 0 amide bonds. The van der Waals surface area contributed by atoms with Crippen molar-refractivity contribution >= 4 is 0 Å². The second-order valence-electron chi connectivity index (χ2n) is 6.01. The number of benzene rings is 1. The number of rotatable bonds is 5. The summed E-state index contributed by atoms with van der Waals surface area (Å²) in [5.41, 5.74) is 3.61. The summed E-state index contributed by atoms with van der Waals surface area (Å²) in [6, 6.07) is 13.0. The maximum Gasteiger partial charge on any atom is 0.140 e. The number of aromatic nitrogens is 3. The zero-order valence-electron chi connectivity index (χ0n) is 13.8. The highest BCUT2D eigenvalue weighted by molar-refractivity contribution is 5.57. The predicted molar refractivity (Wildman–Crippen MR) is 93.1 cm³/mol. The van der Waals surface area contributed by atoms with Gasteiger partial charge in [-0.3, -0.25) is 4.98 Å². The van der Waals surface area contributed by atoms with Crippen molar-refractivity contribution in [2.75, 3.05) is 14.1 Å². The first-order valence-corrected chi connectivity index (χ1v) is 7.82. The third-order valence-corrected chi connectivity index (χ3v) is 4.19. The Morgan fingerprint density at radius 2 is 2.00 bits per heavy atom. The summed E-state index contributed by atoms with van der Waals surface area (Å²) < 4.78 is 2.16. The summed E-state index contributed by atoms with van der Waals surface area (Å²) in [5.74, 6) is 0.988. The van der Waals surface area contributed by atoms with Crippen molar-refractivity contribution < 1.29 is 0 Å². The molecule has 2 aromatic heterocycles. The van der Waals surface area contributed by atoms with E-state index in [1.165, 1.54) is 11.1 Å². The molecular formula is C19H22N4. The lowest BCUT2D eigenvalue weighted by Crippen LogP contribution is -2.16. The first-order chi connectivity index (χ1) is 11.1. The molecule has 0 bridgehead atoms. The fourth-order valence-electron chi connectivity index (χ4n) is 2.62. The van der Waals surface area contributed by atoms with Crippen LogP contribution in [0.2, 0.25) is 0 Å². The third kappa shape index (κ3) is 3.48. The maximum atomic E-state index is 4.56. The molecule has 1 atom stereocenters. The quantitative estimate of drug-likeness (QED) is 0.722. The first kappa shape index (κ1) is 15.4. The molecule has 0 aliphatic carbocycles. The van der Waals surface area contributed by atoms with Crippen molar-refractivity contribution in [1.29, 1.82) is 0 Å². The van der Waals surface area contributed by atoms with Gasteiger partial charge in [0, 0.05) is 36.4 Å². The molecule has 0 N–H and O–H groups in total. The van der Waals surface area contributed by atoms with Crippen molar-refractivity contribution in [3.63, 3.8) is 0 Å². The van der Waals surface area contributed by atoms with Crippen LogP contribution in [0.15, 0.2) is 61.2 Å². The standard InChI is InChI=1S/C19H22N4/c1-15(22(2)3)17-7-4-8-18(12-17)19-21-10-11-23(19)14-16-6-5-9-20-13-16/h4-13,15H,14H2,1-3H3. The van der Waals surface area contributed by atoms with Gasteiger partial charge in [0.2, 0.25) is 0 Å². The predicted octanol–water partition coefficient (Wildman–Crippen LogP) is 3.62. The molecule has 1 unspecified atom stereocenters. The van der Waals surface area contributed by atoms with E-state index < -0.39 is 0 Å². The number of hydrogen-bond acceptors (Lipinski definition) is 3. The summed E-state index contributed by atoms with van der Waals surface area (Å²) in [6.07, 6.45) is 7.57. The lowest BCUT2D eigenvalue weighted by molar-refractivity contribution is 0.321. The van der Waals surface area contributed by atoms with Crippen LogP contribution in [0.4, 0.5) is 0 Å². The lowest BCUT2D eigenvalue weighted by Gasteiger charge is -2.20. The molecule has 0 radical (unpaired) electrons. The highest BCUT2D eigenvalue weighted by Gasteiger charge is 2.11. The van der Waals surface area contributed by atoms with Crippen LogP contribution in [0.3, 0.4) is 0 Å². The van der Waals surface area contributed by atoms with Crippen LogP contribution in [0, 0.1) is 0 Å². The van der Waals surface area contributed by atoms with Crippen LogP contribution in [0.25, 0.3) is 11.4 Å². The molecular weight excluding hydrogens is 284 g/mol. The molecule has 0 fully saturated rings. The van der Waals surface area contributed by atoms with Crippen molar-refractivity contribution in [2.24, 2.45) is 0 Å². The topological polar surface area (TPSA) is 34.0 Å². The normalized spacial score (nSPS) is 12.5. The van der Waals surface area contributed by atoms with Gasteiger partial charge in [-0.2, -0.15) is 0 Å². The average Bonchev–Trinajstić information content (AvgIpc) is 3.03. The van der Waals surface area contributed by atoms with Crippen molar-refractivity contribution in [3.8, 4) is 11.4 Å². The Morgan fingerprint density at radius 1 is 1.13 bits per heavy atom. The van der Waals surface area contributed by atoms with E-state index in [0.717, 1.165) is 17.9 Å². The maximum absolute atomic E-state index is 4.56. The Bertz CT molecular complexity index is 762. The second kappa shape index (κ2) is 6.75. The van der Waals surface area contributed by atoms with Crippen LogP contribution in [-0.4, -0.2) is 33.5 Å². The monoisotopic (exact) mass is 306 g/mol. The number of imidazole rings is 1. The van der Waals surface area contributed by atoms with Crippen LogP contribution in [0.5, 0.6) is 0 Å². The average molecular weight is 306 g/mol. The Hall–Kier alpha value is -2.46. The van der Waals surface area contributed by atoms with E-state index in [2.05, 4.69) is 70.8 Å². The minimum absolute atomic E-state index is 0.372. The Kier molecular flexibility index (Phi) is 4.53. The van der Waals surface area contributed by atoms with E-state index in [1.807, 2.05) is 24.7 Å².